The Balaban J connectivity index is 2.22. The molecule has 0 aliphatic rings. The monoisotopic (exact) mass is 310 g/mol. The molecule has 0 aliphatic carbocycles. The van der Waals surface area contributed by atoms with Crippen LogP contribution in [0.5, 0.6) is 0 Å². The molecule has 0 saturated carbocycles. The highest BCUT2D eigenvalue weighted by Gasteiger charge is 2.20. The standard InChI is InChI=1S/C13H8Cl2N2OS/c14-7-3-4-8(9(15)6-7)11-12(18-17-13(11)16)10-2-1-5-19-10/h1-6H,(H2,16,17). The Morgan fingerprint density at radius 3 is 2.74 bits per heavy atom. The van der Waals surface area contributed by atoms with Gasteiger partial charge in [0.25, 0.3) is 0 Å². The van der Waals surface area contributed by atoms with Crippen LogP contribution in [0.15, 0.2) is 40.2 Å². The fourth-order valence-electron chi connectivity index (χ4n) is 1.83. The lowest BCUT2D eigenvalue weighted by Gasteiger charge is -2.04. The van der Waals surface area contributed by atoms with E-state index >= 15 is 0 Å². The first-order valence-corrected chi connectivity index (χ1v) is 7.05. The van der Waals surface area contributed by atoms with Crippen molar-refractivity contribution in [2.45, 2.75) is 0 Å². The predicted octanol–water partition coefficient (Wildman–Crippen LogP) is 4.96. The third kappa shape index (κ3) is 2.23. The van der Waals surface area contributed by atoms with E-state index in [1.807, 2.05) is 23.6 Å². The molecule has 6 heteroatoms. The molecule has 0 aliphatic heterocycles. The van der Waals surface area contributed by atoms with Gasteiger partial charge in [-0.2, -0.15) is 0 Å². The maximum atomic E-state index is 6.22. The van der Waals surface area contributed by atoms with Gasteiger partial charge in [-0.15, -0.1) is 11.3 Å². The number of hydrogen-bond acceptors (Lipinski definition) is 4. The Morgan fingerprint density at radius 1 is 1.21 bits per heavy atom. The number of anilines is 1. The summed E-state index contributed by atoms with van der Waals surface area (Å²) >= 11 is 13.7. The first-order chi connectivity index (χ1) is 9.16. The van der Waals surface area contributed by atoms with Crippen molar-refractivity contribution in [1.29, 1.82) is 0 Å². The van der Waals surface area contributed by atoms with Crippen LogP contribution in [0, 0.1) is 0 Å². The zero-order chi connectivity index (χ0) is 13.4. The number of aromatic nitrogens is 1. The number of thiophene rings is 1. The SMILES string of the molecule is Nc1noc(-c2cccs2)c1-c1ccc(Cl)cc1Cl. The van der Waals surface area contributed by atoms with E-state index in [0.29, 0.717) is 27.2 Å². The molecule has 0 unspecified atom stereocenters. The summed E-state index contributed by atoms with van der Waals surface area (Å²) in [4.78, 5) is 0.949. The van der Waals surface area contributed by atoms with Crippen molar-refractivity contribution in [3.8, 4) is 21.8 Å². The first-order valence-electron chi connectivity index (χ1n) is 5.41. The van der Waals surface area contributed by atoms with Crippen molar-refractivity contribution in [3.63, 3.8) is 0 Å². The van der Waals surface area contributed by atoms with Crippen molar-refractivity contribution in [2.75, 3.05) is 5.73 Å². The quantitative estimate of drug-likeness (QED) is 0.728. The number of hydrogen-bond donors (Lipinski definition) is 1. The highest BCUT2D eigenvalue weighted by molar-refractivity contribution is 7.13. The van der Waals surface area contributed by atoms with Crippen LogP contribution in [0.1, 0.15) is 0 Å². The highest BCUT2D eigenvalue weighted by Crippen LogP contribution is 2.41. The number of rotatable bonds is 2. The summed E-state index contributed by atoms with van der Waals surface area (Å²) in [5, 5.41) is 6.87. The maximum absolute atomic E-state index is 6.22. The third-order valence-corrected chi connectivity index (χ3v) is 4.08. The molecule has 3 nitrogen and oxygen atoms in total. The van der Waals surface area contributed by atoms with Crippen LogP contribution >= 0.6 is 34.5 Å². The van der Waals surface area contributed by atoms with E-state index < -0.39 is 0 Å². The molecule has 0 bridgehead atoms. The Bertz CT molecular complexity index is 722. The molecule has 3 aromatic rings. The predicted molar refractivity (Wildman–Crippen MR) is 79.7 cm³/mol. The average Bonchev–Trinajstić information content (AvgIpc) is 2.99. The zero-order valence-corrected chi connectivity index (χ0v) is 11.9. The van der Waals surface area contributed by atoms with Crippen molar-refractivity contribution in [1.82, 2.24) is 5.16 Å². The summed E-state index contributed by atoms with van der Waals surface area (Å²) in [7, 11) is 0. The number of nitrogens with two attached hydrogens (primary N) is 1. The van der Waals surface area contributed by atoms with E-state index in [9.17, 15) is 0 Å². The second kappa shape index (κ2) is 4.89. The lowest BCUT2D eigenvalue weighted by molar-refractivity contribution is 0.437. The van der Waals surface area contributed by atoms with Gasteiger partial charge in [-0.3, -0.25) is 0 Å². The minimum Gasteiger partial charge on any atom is -0.380 e. The van der Waals surface area contributed by atoms with E-state index in [1.54, 1.807) is 23.5 Å². The molecule has 1 aromatic carbocycles. The van der Waals surface area contributed by atoms with Gasteiger partial charge in [0, 0.05) is 10.6 Å². The van der Waals surface area contributed by atoms with Crippen molar-refractivity contribution < 1.29 is 4.52 Å². The van der Waals surface area contributed by atoms with Gasteiger partial charge in [0.1, 0.15) is 0 Å². The van der Waals surface area contributed by atoms with Gasteiger partial charge >= 0.3 is 0 Å². The molecule has 2 N–H and O–H groups in total. The van der Waals surface area contributed by atoms with Crippen molar-refractivity contribution in [2.24, 2.45) is 0 Å². The normalized spacial score (nSPS) is 10.8. The molecule has 0 saturated heterocycles. The summed E-state index contributed by atoms with van der Waals surface area (Å²) in [5.41, 5.74) is 7.35. The molecule has 0 fully saturated rings. The lowest BCUT2D eigenvalue weighted by atomic mass is 10.1. The van der Waals surface area contributed by atoms with E-state index in [-0.39, 0.29) is 0 Å². The van der Waals surface area contributed by atoms with Gasteiger partial charge < -0.3 is 10.3 Å². The smallest absolute Gasteiger partial charge is 0.186 e. The number of halogens is 2. The Labute approximate surface area is 123 Å². The van der Waals surface area contributed by atoms with Gasteiger partial charge in [0.2, 0.25) is 0 Å². The van der Waals surface area contributed by atoms with E-state index in [4.69, 9.17) is 33.5 Å². The third-order valence-electron chi connectivity index (χ3n) is 2.66. The van der Waals surface area contributed by atoms with Crippen molar-refractivity contribution in [3.05, 3.63) is 45.8 Å². The lowest BCUT2D eigenvalue weighted by Crippen LogP contribution is -1.89. The number of nitrogen functional groups attached to an aromatic ring is 1. The van der Waals surface area contributed by atoms with Crippen LogP contribution in [-0.2, 0) is 0 Å². The highest BCUT2D eigenvalue weighted by atomic mass is 35.5. The Kier molecular flexibility index (Phi) is 3.22. The molecule has 0 atom stereocenters. The minimum atomic E-state index is 0.313. The van der Waals surface area contributed by atoms with Gasteiger partial charge in [-0.1, -0.05) is 40.5 Å². The molecule has 0 radical (unpaired) electrons. The van der Waals surface area contributed by atoms with E-state index in [2.05, 4.69) is 5.16 Å². The molecular formula is C13H8Cl2N2OS. The molecular weight excluding hydrogens is 303 g/mol. The molecule has 19 heavy (non-hydrogen) atoms. The topological polar surface area (TPSA) is 52.0 Å². The summed E-state index contributed by atoms with van der Waals surface area (Å²) in [6, 6.07) is 9.12. The van der Waals surface area contributed by atoms with Gasteiger partial charge in [-0.25, -0.2) is 0 Å². The zero-order valence-electron chi connectivity index (χ0n) is 9.56. The van der Waals surface area contributed by atoms with Crippen LogP contribution in [-0.4, -0.2) is 5.16 Å². The number of nitrogens with zero attached hydrogens (tertiary/aromatic N) is 1. The largest absolute Gasteiger partial charge is 0.380 e. The summed E-state index contributed by atoms with van der Waals surface area (Å²) in [6.45, 7) is 0. The first kappa shape index (κ1) is 12.5. The van der Waals surface area contributed by atoms with Crippen LogP contribution in [0.25, 0.3) is 21.8 Å². The average molecular weight is 311 g/mol. The van der Waals surface area contributed by atoms with Crippen molar-refractivity contribution >= 4 is 40.4 Å². The summed E-state index contributed by atoms with van der Waals surface area (Å²) in [6.07, 6.45) is 0. The molecule has 3 rings (SSSR count). The molecule has 2 heterocycles. The van der Waals surface area contributed by atoms with E-state index in [1.165, 1.54) is 0 Å². The van der Waals surface area contributed by atoms with Gasteiger partial charge in [0.05, 0.1) is 15.5 Å². The Hall–Kier alpha value is -1.49. The molecule has 2 aromatic heterocycles. The Morgan fingerprint density at radius 2 is 2.05 bits per heavy atom. The van der Waals surface area contributed by atoms with Crippen LogP contribution in [0.4, 0.5) is 5.82 Å². The van der Waals surface area contributed by atoms with Gasteiger partial charge in [0.15, 0.2) is 11.6 Å². The summed E-state index contributed by atoms with van der Waals surface area (Å²) in [5.74, 6) is 0.935. The molecule has 0 spiro atoms. The van der Waals surface area contributed by atoms with Gasteiger partial charge in [-0.05, 0) is 23.6 Å². The van der Waals surface area contributed by atoms with Crippen LogP contribution in [0.3, 0.4) is 0 Å². The van der Waals surface area contributed by atoms with Crippen LogP contribution in [0.2, 0.25) is 10.0 Å². The second-order valence-corrected chi connectivity index (χ2v) is 5.66. The van der Waals surface area contributed by atoms with E-state index in [0.717, 1.165) is 10.4 Å². The fourth-order valence-corrected chi connectivity index (χ4v) is 3.04. The van der Waals surface area contributed by atoms with Crippen LogP contribution < -0.4 is 5.73 Å². The summed E-state index contributed by atoms with van der Waals surface area (Å²) < 4.78 is 5.32. The minimum absolute atomic E-state index is 0.313. The maximum Gasteiger partial charge on any atom is 0.186 e. The second-order valence-electron chi connectivity index (χ2n) is 3.87. The molecule has 96 valence electrons. The fraction of sp³-hybridized carbons (Fsp3) is 0. The molecule has 0 amide bonds. The number of benzene rings is 1.